The van der Waals surface area contributed by atoms with Crippen LogP contribution in [0.4, 0.5) is 0 Å². The monoisotopic (exact) mass is 317 g/mol. The molecule has 0 radical (unpaired) electrons. The van der Waals surface area contributed by atoms with Crippen molar-refractivity contribution >= 4 is 10.0 Å². The van der Waals surface area contributed by atoms with Crippen molar-refractivity contribution in [3.05, 3.63) is 18.0 Å². The number of hydrogen-bond donors (Lipinski definition) is 3. The highest BCUT2D eigenvalue weighted by Crippen LogP contribution is 2.10. The van der Waals surface area contributed by atoms with E-state index in [2.05, 4.69) is 15.0 Å². The fourth-order valence-electron chi connectivity index (χ4n) is 1.70. The number of ether oxygens (including phenoxy) is 1. The first-order valence-electron chi connectivity index (χ1n) is 7.43. The Hall–Kier alpha value is -0.890. The molecule has 7 heteroatoms. The maximum Gasteiger partial charge on any atom is 0.242 e. The van der Waals surface area contributed by atoms with E-state index in [1.54, 1.807) is 6.07 Å². The minimum Gasteiger partial charge on any atom is -0.381 e. The highest BCUT2D eigenvalue weighted by Gasteiger charge is 2.15. The third-order valence-electron chi connectivity index (χ3n) is 2.83. The quantitative estimate of drug-likeness (QED) is 0.541. The highest BCUT2D eigenvalue weighted by molar-refractivity contribution is 7.89. The molecule has 6 nitrogen and oxygen atoms in total. The summed E-state index contributed by atoms with van der Waals surface area (Å²) in [5.41, 5.74) is 0.857. The predicted octanol–water partition coefficient (Wildman–Crippen LogP) is 1.61. The standard InChI is InChI=1S/C14H27N3O3S/c1-4-7-20-8-5-6-17-21(18,19)14-9-13(16-11-14)10-15-12(2)3/h9,11-12,15-17H,4-8,10H2,1-3H3. The molecule has 0 saturated heterocycles. The van der Waals surface area contributed by atoms with E-state index in [9.17, 15) is 8.42 Å². The van der Waals surface area contributed by atoms with Crippen molar-refractivity contribution in [1.29, 1.82) is 0 Å². The van der Waals surface area contributed by atoms with Crippen LogP contribution in [0.15, 0.2) is 17.2 Å². The van der Waals surface area contributed by atoms with Crippen LogP contribution in [0.25, 0.3) is 0 Å². The molecule has 0 bridgehead atoms. The third kappa shape index (κ3) is 7.08. The van der Waals surface area contributed by atoms with Crippen molar-refractivity contribution in [2.75, 3.05) is 19.8 Å². The Bertz CT molecular complexity index is 497. The van der Waals surface area contributed by atoms with Crippen molar-refractivity contribution in [3.8, 4) is 0 Å². The van der Waals surface area contributed by atoms with Crippen LogP contribution in [-0.2, 0) is 21.3 Å². The molecule has 0 amide bonds. The van der Waals surface area contributed by atoms with Crippen LogP contribution >= 0.6 is 0 Å². The lowest BCUT2D eigenvalue weighted by Gasteiger charge is -2.06. The van der Waals surface area contributed by atoms with Crippen molar-refractivity contribution in [2.45, 2.75) is 51.1 Å². The zero-order chi connectivity index (χ0) is 15.7. The smallest absolute Gasteiger partial charge is 0.242 e. The second kappa shape index (κ2) is 9.19. The Kier molecular flexibility index (Phi) is 7.95. The maximum atomic E-state index is 12.1. The van der Waals surface area contributed by atoms with E-state index in [0.717, 1.165) is 18.7 Å². The molecule has 0 aliphatic carbocycles. The van der Waals surface area contributed by atoms with Crippen LogP contribution in [0, 0.1) is 0 Å². The molecule has 1 heterocycles. The predicted molar refractivity (Wildman–Crippen MR) is 83.7 cm³/mol. The summed E-state index contributed by atoms with van der Waals surface area (Å²) in [6.45, 7) is 8.44. The number of sulfonamides is 1. The lowest BCUT2D eigenvalue weighted by atomic mass is 10.3. The summed E-state index contributed by atoms with van der Waals surface area (Å²) in [5, 5.41) is 3.24. The van der Waals surface area contributed by atoms with Crippen LogP contribution in [0.5, 0.6) is 0 Å². The molecular formula is C14H27N3O3S. The largest absolute Gasteiger partial charge is 0.381 e. The molecule has 0 aromatic carbocycles. The molecule has 122 valence electrons. The van der Waals surface area contributed by atoms with Gasteiger partial charge in [-0.15, -0.1) is 0 Å². The summed E-state index contributed by atoms with van der Waals surface area (Å²) in [7, 11) is -3.44. The Morgan fingerprint density at radius 1 is 1.33 bits per heavy atom. The molecule has 0 aliphatic rings. The lowest BCUT2D eigenvalue weighted by Crippen LogP contribution is -2.25. The van der Waals surface area contributed by atoms with Crippen LogP contribution < -0.4 is 10.0 Å². The summed E-state index contributed by atoms with van der Waals surface area (Å²) >= 11 is 0. The van der Waals surface area contributed by atoms with Crippen molar-refractivity contribution < 1.29 is 13.2 Å². The number of H-pyrrole nitrogens is 1. The second-order valence-electron chi connectivity index (χ2n) is 5.26. The van der Waals surface area contributed by atoms with Gasteiger partial charge in [0.05, 0.1) is 4.90 Å². The number of nitrogens with one attached hydrogen (secondary N) is 3. The molecule has 0 atom stereocenters. The van der Waals surface area contributed by atoms with Gasteiger partial charge in [0.1, 0.15) is 0 Å². The molecule has 0 unspecified atom stereocenters. The van der Waals surface area contributed by atoms with Gasteiger partial charge in [-0.05, 0) is 18.9 Å². The average molecular weight is 317 g/mol. The van der Waals surface area contributed by atoms with Gasteiger partial charge in [-0.1, -0.05) is 20.8 Å². The van der Waals surface area contributed by atoms with Crippen LogP contribution in [0.3, 0.4) is 0 Å². The van der Waals surface area contributed by atoms with Gasteiger partial charge >= 0.3 is 0 Å². The highest BCUT2D eigenvalue weighted by atomic mass is 32.2. The van der Waals surface area contributed by atoms with E-state index in [1.807, 2.05) is 20.8 Å². The van der Waals surface area contributed by atoms with Gasteiger partial charge in [0.15, 0.2) is 0 Å². The SMILES string of the molecule is CCCOCCCNS(=O)(=O)c1c[nH]c(CNC(C)C)c1. The van der Waals surface area contributed by atoms with Crippen molar-refractivity contribution in [1.82, 2.24) is 15.0 Å². The van der Waals surface area contributed by atoms with Gasteiger partial charge < -0.3 is 15.0 Å². The molecule has 21 heavy (non-hydrogen) atoms. The van der Waals surface area contributed by atoms with Gasteiger partial charge in [-0.2, -0.15) is 0 Å². The van der Waals surface area contributed by atoms with Crippen LogP contribution in [0.2, 0.25) is 0 Å². The second-order valence-corrected chi connectivity index (χ2v) is 7.03. The van der Waals surface area contributed by atoms with Gasteiger partial charge in [-0.3, -0.25) is 0 Å². The molecule has 0 saturated carbocycles. The summed E-state index contributed by atoms with van der Waals surface area (Å²) in [6.07, 6.45) is 3.17. The summed E-state index contributed by atoms with van der Waals surface area (Å²) < 4.78 is 32.1. The van der Waals surface area contributed by atoms with E-state index in [1.165, 1.54) is 6.20 Å². The van der Waals surface area contributed by atoms with Crippen molar-refractivity contribution in [3.63, 3.8) is 0 Å². The molecule has 1 aromatic heterocycles. The van der Waals surface area contributed by atoms with E-state index in [0.29, 0.717) is 32.2 Å². The summed E-state index contributed by atoms with van der Waals surface area (Å²) in [4.78, 5) is 3.25. The van der Waals surface area contributed by atoms with Crippen LogP contribution in [-0.4, -0.2) is 39.2 Å². The van der Waals surface area contributed by atoms with E-state index in [-0.39, 0.29) is 4.90 Å². The Morgan fingerprint density at radius 2 is 2.10 bits per heavy atom. The molecule has 0 aliphatic heterocycles. The first-order valence-corrected chi connectivity index (χ1v) is 8.92. The minimum absolute atomic E-state index is 0.275. The average Bonchev–Trinajstić information content (AvgIpc) is 2.90. The van der Waals surface area contributed by atoms with Crippen LogP contribution in [0.1, 0.15) is 39.3 Å². The normalized spacial score (nSPS) is 12.2. The molecule has 0 fully saturated rings. The topological polar surface area (TPSA) is 83.2 Å². The number of aromatic amines is 1. The zero-order valence-corrected chi connectivity index (χ0v) is 13.9. The van der Waals surface area contributed by atoms with E-state index >= 15 is 0 Å². The molecule has 1 aromatic rings. The van der Waals surface area contributed by atoms with E-state index in [4.69, 9.17) is 4.74 Å². The maximum absolute atomic E-state index is 12.1. The molecule has 3 N–H and O–H groups in total. The Morgan fingerprint density at radius 3 is 2.76 bits per heavy atom. The molecular weight excluding hydrogens is 290 g/mol. The van der Waals surface area contributed by atoms with Gasteiger partial charge in [0.25, 0.3) is 0 Å². The number of rotatable bonds is 11. The number of aromatic nitrogens is 1. The molecule has 1 rings (SSSR count). The Balaban J connectivity index is 2.40. The third-order valence-corrected chi connectivity index (χ3v) is 4.27. The van der Waals surface area contributed by atoms with Gasteiger partial charge in [-0.25, -0.2) is 13.1 Å². The minimum atomic E-state index is -3.44. The zero-order valence-electron chi connectivity index (χ0n) is 13.1. The first-order chi connectivity index (χ1) is 9.95. The summed E-state index contributed by atoms with van der Waals surface area (Å²) in [5.74, 6) is 0. The lowest BCUT2D eigenvalue weighted by molar-refractivity contribution is 0.133. The number of hydrogen-bond acceptors (Lipinski definition) is 4. The fraction of sp³-hybridized carbons (Fsp3) is 0.714. The van der Waals surface area contributed by atoms with Gasteiger partial charge in [0.2, 0.25) is 10.0 Å². The molecule has 0 spiro atoms. The Labute approximate surface area is 127 Å². The first kappa shape index (κ1) is 18.2. The van der Waals surface area contributed by atoms with E-state index < -0.39 is 10.0 Å². The van der Waals surface area contributed by atoms with Crippen molar-refractivity contribution in [2.24, 2.45) is 0 Å². The summed E-state index contributed by atoms with van der Waals surface area (Å²) in [6, 6.07) is 2.01. The van der Waals surface area contributed by atoms with Gasteiger partial charge in [0, 0.05) is 44.2 Å². The fourth-order valence-corrected chi connectivity index (χ4v) is 2.79.